The van der Waals surface area contributed by atoms with Crippen LogP contribution in [-0.2, 0) is 6.42 Å². The predicted molar refractivity (Wildman–Crippen MR) is 68.1 cm³/mol. The summed E-state index contributed by atoms with van der Waals surface area (Å²) in [4.78, 5) is 0. The summed E-state index contributed by atoms with van der Waals surface area (Å²) in [5, 5.41) is 7.29. The highest BCUT2D eigenvalue weighted by atomic mass is 32.1. The Morgan fingerprint density at radius 2 is 2.25 bits per heavy atom. The molecule has 1 saturated carbocycles. The monoisotopic (exact) mass is 239 g/mol. The van der Waals surface area contributed by atoms with Gasteiger partial charge in [0.15, 0.2) is 4.77 Å². The van der Waals surface area contributed by atoms with E-state index in [2.05, 4.69) is 28.6 Å². The van der Waals surface area contributed by atoms with Gasteiger partial charge in [0.05, 0.1) is 0 Å². The van der Waals surface area contributed by atoms with Gasteiger partial charge in [0.1, 0.15) is 5.82 Å². The van der Waals surface area contributed by atoms with E-state index in [-0.39, 0.29) is 0 Å². The van der Waals surface area contributed by atoms with E-state index >= 15 is 0 Å². The molecule has 0 amide bonds. The maximum Gasteiger partial charge on any atom is 0.195 e. The van der Waals surface area contributed by atoms with Crippen molar-refractivity contribution < 1.29 is 0 Å². The number of rotatable bonds is 6. The first kappa shape index (κ1) is 11.8. The van der Waals surface area contributed by atoms with Crippen molar-refractivity contribution in [3.8, 4) is 0 Å². The van der Waals surface area contributed by atoms with E-state index in [9.17, 15) is 0 Å². The summed E-state index contributed by atoms with van der Waals surface area (Å²) in [6, 6.07) is 0.556. The molecule has 0 saturated heterocycles. The molecule has 1 heterocycles. The summed E-state index contributed by atoms with van der Waals surface area (Å²) < 4.78 is 3.06. The fraction of sp³-hybridized carbons (Fsp3) is 0.833. The van der Waals surface area contributed by atoms with E-state index in [4.69, 9.17) is 12.2 Å². The van der Waals surface area contributed by atoms with Gasteiger partial charge in [-0.15, -0.1) is 0 Å². The molecule has 1 aromatic rings. The summed E-state index contributed by atoms with van der Waals surface area (Å²) >= 11 is 5.35. The lowest BCUT2D eigenvalue weighted by molar-refractivity contribution is 0.411. The maximum atomic E-state index is 5.35. The Bertz CT molecular complexity index is 389. The van der Waals surface area contributed by atoms with Gasteiger partial charge in [-0.25, -0.2) is 0 Å². The van der Waals surface area contributed by atoms with Gasteiger partial charge in [-0.2, -0.15) is 5.10 Å². The molecule has 1 aliphatic rings. The van der Waals surface area contributed by atoms with Crippen molar-refractivity contribution in [1.29, 1.82) is 0 Å². The molecular weight excluding hydrogens is 218 g/mol. The standard InChI is InChI=1S/C12H21N3S/c1-3-5-11-13-14-12(16)15(11)10(4-2)8-9-6-7-9/h9-10H,3-8H2,1-2H3,(H,14,16). The maximum absolute atomic E-state index is 5.35. The highest BCUT2D eigenvalue weighted by Gasteiger charge is 2.26. The molecule has 0 spiro atoms. The van der Waals surface area contributed by atoms with Crippen LogP contribution in [0.1, 0.15) is 57.8 Å². The SMILES string of the molecule is CCCc1n[nH]c(=S)n1C(CC)CC1CC1. The summed E-state index contributed by atoms with van der Waals surface area (Å²) in [7, 11) is 0. The Morgan fingerprint density at radius 1 is 1.50 bits per heavy atom. The molecule has 4 heteroatoms. The molecule has 1 aromatic heterocycles. The normalized spacial score (nSPS) is 17.6. The Morgan fingerprint density at radius 3 is 2.81 bits per heavy atom. The van der Waals surface area contributed by atoms with E-state index in [0.29, 0.717) is 6.04 Å². The van der Waals surface area contributed by atoms with Gasteiger partial charge in [-0.3, -0.25) is 5.10 Å². The van der Waals surface area contributed by atoms with Crippen molar-refractivity contribution in [3.05, 3.63) is 10.6 Å². The number of hydrogen-bond acceptors (Lipinski definition) is 2. The van der Waals surface area contributed by atoms with Gasteiger partial charge in [-0.1, -0.05) is 26.7 Å². The third kappa shape index (κ3) is 2.54. The average molecular weight is 239 g/mol. The van der Waals surface area contributed by atoms with Crippen LogP contribution in [0.25, 0.3) is 0 Å². The van der Waals surface area contributed by atoms with E-state index < -0.39 is 0 Å². The number of aromatic amines is 1. The van der Waals surface area contributed by atoms with E-state index in [1.807, 2.05) is 0 Å². The molecule has 2 rings (SSSR count). The molecule has 3 nitrogen and oxygen atoms in total. The first-order valence-electron chi connectivity index (χ1n) is 6.42. The lowest BCUT2D eigenvalue weighted by Gasteiger charge is -2.18. The number of hydrogen-bond donors (Lipinski definition) is 1. The summed E-state index contributed by atoms with van der Waals surface area (Å²) in [6.45, 7) is 4.43. The number of H-pyrrole nitrogens is 1. The van der Waals surface area contributed by atoms with Crippen molar-refractivity contribution in [2.75, 3.05) is 0 Å². The molecule has 1 aliphatic carbocycles. The quantitative estimate of drug-likeness (QED) is 0.769. The highest BCUT2D eigenvalue weighted by molar-refractivity contribution is 7.71. The third-order valence-electron chi connectivity index (χ3n) is 3.39. The second-order valence-corrected chi connectivity index (χ2v) is 5.19. The molecule has 90 valence electrons. The first-order chi connectivity index (χ1) is 7.76. The molecule has 1 N–H and O–H groups in total. The average Bonchev–Trinajstić information content (AvgIpc) is 3.02. The summed E-state index contributed by atoms with van der Waals surface area (Å²) in [5.41, 5.74) is 0. The second kappa shape index (κ2) is 5.13. The van der Waals surface area contributed by atoms with Crippen molar-refractivity contribution >= 4 is 12.2 Å². The van der Waals surface area contributed by atoms with Crippen LogP contribution in [0, 0.1) is 10.7 Å². The Hall–Kier alpha value is -0.640. The second-order valence-electron chi connectivity index (χ2n) is 4.81. The zero-order valence-corrected chi connectivity index (χ0v) is 11.0. The zero-order chi connectivity index (χ0) is 11.5. The third-order valence-corrected chi connectivity index (χ3v) is 3.68. The van der Waals surface area contributed by atoms with Gasteiger partial charge in [0.25, 0.3) is 0 Å². The molecule has 0 radical (unpaired) electrons. The fourth-order valence-corrected chi connectivity index (χ4v) is 2.61. The Kier molecular flexibility index (Phi) is 3.79. The lowest BCUT2D eigenvalue weighted by atomic mass is 10.1. The zero-order valence-electron chi connectivity index (χ0n) is 10.2. The largest absolute Gasteiger partial charge is 0.301 e. The van der Waals surface area contributed by atoms with Crippen molar-refractivity contribution in [1.82, 2.24) is 14.8 Å². The van der Waals surface area contributed by atoms with Crippen LogP contribution in [0.2, 0.25) is 0 Å². The number of nitrogens with zero attached hydrogens (tertiary/aromatic N) is 2. The van der Waals surface area contributed by atoms with Crippen molar-refractivity contribution in [3.63, 3.8) is 0 Å². The van der Waals surface area contributed by atoms with Gasteiger partial charge in [0.2, 0.25) is 0 Å². The Labute approximate surface area is 102 Å². The first-order valence-corrected chi connectivity index (χ1v) is 6.82. The molecule has 1 unspecified atom stereocenters. The molecule has 16 heavy (non-hydrogen) atoms. The number of aryl methyl sites for hydroxylation is 1. The summed E-state index contributed by atoms with van der Waals surface area (Å²) in [5.74, 6) is 2.08. The minimum atomic E-state index is 0.556. The fourth-order valence-electron chi connectivity index (χ4n) is 2.31. The van der Waals surface area contributed by atoms with Crippen LogP contribution >= 0.6 is 12.2 Å². The molecule has 0 bridgehead atoms. The van der Waals surface area contributed by atoms with Gasteiger partial charge < -0.3 is 4.57 Å². The molecular formula is C12H21N3S. The van der Waals surface area contributed by atoms with Crippen LogP contribution in [-0.4, -0.2) is 14.8 Å². The summed E-state index contributed by atoms with van der Waals surface area (Å²) in [6.07, 6.45) is 7.39. The van der Waals surface area contributed by atoms with Gasteiger partial charge in [-0.05, 0) is 37.4 Å². The number of nitrogens with one attached hydrogen (secondary N) is 1. The van der Waals surface area contributed by atoms with E-state index in [0.717, 1.165) is 35.8 Å². The highest BCUT2D eigenvalue weighted by Crippen LogP contribution is 2.38. The molecule has 1 atom stereocenters. The molecule has 0 aliphatic heterocycles. The van der Waals surface area contributed by atoms with Crippen LogP contribution in [0.5, 0.6) is 0 Å². The van der Waals surface area contributed by atoms with Crippen LogP contribution in [0.4, 0.5) is 0 Å². The van der Waals surface area contributed by atoms with Crippen LogP contribution in [0.15, 0.2) is 0 Å². The topological polar surface area (TPSA) is 33.6 Å². The van der Waals surface area contributed by atoms with E-state index in [1.165, 1.54) is 19.3 Å². The number of aromatic nitrogens is 3. The van der Waals surface area contributed by atoms with Crippen LogP contribution < -0.4 is 0 Å². The smallest absolute Gasteiger partial charge is 0.195 e. The Balaban J connectivity index is 2.20. The lowest BCUT2D eigenvalue weighted by Crippen LogP contribution is -2.12. The minimum absolute atomic E-state index is 0.556. The van der Waals surface area contributed by atoms with E-state index in [1.54, 1.807) is 0 Å². The molecule has 0 aromatic carbocycles. The molecule has 1 fully saturated rings. The predicted octanol–water partition coefficient (Wildman–Crippen LogP) is 3.64. The van der Waals surface area contributed by atoms with Gasteiger partial charge >= 0.3 is 0 Å². The van der Waals surface area contributed by atoms with Crippen molar-refractivity contribution in [2.45, 2.75) is 58.4 Å². The van der Waals surface area contributed by atoms with Crippen molar-refractivity contribution in [2.24, 2.45) is 5.92 Å². The van der Waals surface area contributed by atoms with Gasteiger partial charge in [0, 0.05) is 12.5 Å². The minimum Gasteiger partial charge on any atom is -0.301 e. The van der Waals surface area contributed by atoms with Crippen LogP contribution in [0.3, 0.4) is 0 Å².